The molecule has 0 heterocycles. The normalized spacial score (nSPS) is 15.9. The van der Waals surface area contributed by atoms with Gasteiger partial charge < -0.3 is 0 Å². The zero-order valence-electron chi connectivity index (χ0n) is 11.9. The lowest BCUT2D eigenvalue weighted by Gasteiger charge is -2.34. The first kappa shape index (κ1) is 16.0. The summed E-state index contributed by atoms with van der Waals surface area (Å²) >= 11 is 6.21. The van der Waals surface area contributed by atoms with Crippen LogP contribution in [-0.2, 0) is 4.79 Å². The molecule has 0 radical (unpaired) electrons. The first-order valence-corrected chi connectivity index (χ1v) is 6.74. The molecule has 19 heavy (non-hydrogen) atoms. The summed E-state index contributed by atoms with van der Waals surface area (Å²) in [6.45, 7) is 5.95. The first-order chi connectivity index (χ1) is 8.90. The maximum Gasteiger partial charge on any atom is 0.238 e. The average Bonchev–Trinajstić information content (AvgIpc) is 2.43. The van der Waals surface area contributed by atoms with Gasteiger partial charge in [0.2, 0.25) is 5.91 Å². The van der Waals surface area contributed by atoms with Gasteiger partial charge in [-0.05, 0) is 32.5 Å². The van der Waals surface area contributed by atoms with E-state index in [1.807, 2.05) is 45.2 Å². The Morgan fingerprint density at radius 2 is 1.89 bits per heavy atom. The number of carbonyl (C=O) groups is 1. The van der Waals surface area contributed by atoms with Crippen LogP contribution in [0.5, 0.6) is 0 Å². The number of benzene rings is 1. The van der Waals surface area contributed by atoms with Gasteiger partial charge in [-0.1, -0.05) is 36.7 Å². The zero-order valence-corrected chi connectivity index (χ0v) is 12.6. The predicted molar refractivity (Wildman–Crippen MR) is 78.6 cm³/mol. The molecule has 5 heteroatoms. The molecular weight excluding hydrogens is 262 g/mol. The van der Waals surface area contributed by atoms with Crippen LogP contribution in [0.4, 0.5) is 0 Å². The zero-order chi connectivity index (χ0) is 14.6. The van der Waals surface area contributed by atoms with Crippen LogP contribution in [0.3, 0.4) is 0 Å². The standard InChI is InChI=1S/C14H22ClN3O/c1-9(14(19)17-16)10(2)18(4)11(3)12-7-5-6-8-13(12)15/h5-11H,16H2,1-4H3,(H,17,19). The number of halogens is 1. The highest BCUT2D eigenvalue weighted by molar-refractivity contribution is 6.31. The Morgan fingerprint density at radius 1 is 1.32 bits per heavy atom. The highest BCUT2D eigenvalue weighted by Gasteiger charge is 2.27. The van der Waals surface area contributed by atoms with Gasteiger partial charge in [0, 0.05) is 17.1 Å². The topological polar surface area (TPSA) is 58.4 Å². The Kier molecular flexibility index (Phi) is 5.79. The number of amides is 1. The van der Waals surface area contributed by atoms with E-state index in [1.165, 1.54) is 0 Å². The van der Waals surface area contributed by atoms with Crippen molar-refractivity contribution in [2.24, 2.45) is 11.8 Å². The van der Waals surface area contributed by atoms with E-state index in [1.54, 1.807) is 0 Å². The van der Waals surface area contributed by atoms with E-state index in [-0.39, 0.29) is 23.9 Å². The van der Waals surface area contributed by atoms with Crippen LogP contribution in [0.2, 0.25) is 5.02 Å². The van der Waals surface area contributed by atoms with Gasteiger partial charge in [-0.2, -0.15) is 0 Å². The minimum Gasteiger partial charge on any atom is -0.296 e. The maximum absolute atomic E-state index is 11.6. The van der Waals surface area contributed by atoms with Crippen molar-refractivity contribution in [2.75, 3.05) is 7.05 Å². The molecule has 4 nitrogen and oxygen atoms in total. The van der Waals surface area contributed by atoms with Gasteiger partial charge in [0.05, 0.1) is 5.92 Å². The van der Waals surface area contributed by atoms with E-state index < -0.39 is 0 Å². The number of rotatable bonds is 5. The molecule has 0 aliphatic carbocycles. The monoisotopic (exact) mass is 283 g/mol. The van der Waals surface area contributed by atoms with Crippen molar-refractivity contribution in [2.45, 2.75) is 32.9 Å². The molecular formula is C14H22ClN3O. The third kappa shape index (κ3) is 3.69. The Balaban J connectivity index is 2.85. The molecule has 3 N–H and O–H groups in total. The molecule has 3 atom stereocenters. The van der Waals surface area contributed by atoms with Gasteiger partial charge in [0.1, 0.15) is 0 Å². The second-order valence-electron chi connectivity index (χ2n) is 4.90. The summed E-state index contributed by atoms with van der Waals surface area (Å²) in [7, 11) is 1.99. The Morgan fingerprint density at radius 3 is 2.42 bits per heavy atom. The minimum absolute atomic E-state index is 0.0508. The lowest BCUT2D eigenvalue weighted by molar-refractivity contribution is -0.126. The molecule has 0 fully saturated rings. The van der Waals surface area contributed by atoms with Crippen LogP contribution >= 0.6 is 11.6 Å². The maximum atomic E-state index is 11.6. The van der Waals surface area contributed by atoms with Gasteiger partial charge in [0.25, 0.3) is 0 Å². The molecule has 1 aromatic carbocycles. The lowest BCUT2D eigenvalue weighted by Crippen LogP contribution is -2.45. The van der Waals surface area contributed by atoms with Gasteiger partial charge in [-0.25, -0.2) is 5.84 Å². The summed E-state index contributed by atoms with van der Waals surface area (Å²) in [4.78, 5) is 13.7. The molecule has 0 spiro atoms. The van der Waals surface area contributed by atoms with Crippen LogP contribution in [-0.4, -0.2) is 23.9 Å². The van der Waals surface area contributed by atoms with Gasteiger partial charge in [-0.3, -0.25) is 15.1 Å². The number of hydrazine groups is 1. The quantitative estimate of drug-likeness (QED) is 0.495. The fourth-order valence-corrected chi connectivity index (χ4v) is 2.38. The summed E-state index contributed by atoms with van der Waals surface area (Å²) in [6.07, 6.45) is 0. The number of carbonyl (C=O) groups excluding carboxylic acids is 1. The minimum atomic E-state index is -0.195. The van der Waals surface area contributed by atoms with E-state index >= 15 is 0 Å². The van der Waals surface area contributed by atoms with E-state index in [0.29, 0.717) is 0 Å². The number of hydrogen-bond acceptors (Lipinski definition) is 3. The molecule has 1 rings (SSSR count). The molecule has 1 amide bonds. The molecule has 0 saturated carbocycles. The van der Waals surface area contributed by atoms with E-state index in [2.05, 4.69) is 17.2 Å². The fraction of sp³-hybridized carbons (Fsp3) is 0.500. The Bertz CT molecular complexity index is 438. The SMILES string of the molecule is CC(C(=O)NN)C(C)N(C)C(C)c1ccccc1Cl. The van der Waals surface area contributed by atoms with Crippen molar-refractivity contribution in [3.05, 3.63) is 34.9 Å². The number of nitrogens with one attached hydrogen (secondary N) is 1. The highest BCUT2D eigenvalue weighted by Crippen LogP contribution is 2.28. The van der Waals surface area contributed by atoms with E-state index in [9.17, 15) is 4.79 Å². The van der Waals surface area contributed by atoms with Crippen molar-refractivity contribution in [1.82, 2.24) is 10.3 Å². The third-order valence-corrected chi connectivity index (χ3v) is 4.23. The summed E-state index contributed by atoms with van der Waals surface area (Å²) in [6, 6.07) is 7.93. The summed E-state index contributed by atoms with van der Waals surface area (Å²) in [5.74, 6) is 4.83. The lowest BCUT2D eigenvalue weighted by atomic mass is 9.98. The second kappa shape index (κ2) is 6.89. The summed E-state index contributed by atoms with van der Waals surface area (Å²) in [5, 5.41) is 0.741. The Labute approximate surface area is 119 Å². The van der Waals surface area contributed by atoms with E-state index in [4.69, 9.17) is 17.4 Å². The van der Waals surface area contributed by atoms with Crippen molar-refractivity contribution >= 4 is 17.5 Å². The van der Waals surface area contributed by atoms with Crippen LogP contribution in [0.1, 0.15) is 32.4 Å². The molecule has 0 aliphatic rings. The third-order valence-electron chi connectivity index (χ3n) is 3.89. The Hall–Kier alpha value is -1.10. The predicted octanol–water partition coefficient (Wildman–Crippen LogP) is 2.35. The van der Waals surface area contributed by atoms with Gasteiger partial charge in [-0.15, -0.1) is 0 Å². The highest BCUT2D eigenvalue weighted by atomic mass is 35.5. The van der Waals surface area contributed by atoms with Gasteiger partial charge in [0.15, 0.2) is 0 Å². The summed E-state index contributed by atoms with van der Waals surface area (Å²) < 4.78 is 0. The number of hydrogen-bond donors (Lipinski definition) is 2. The molecule has 0 aromatic heterocycles. The fourth-order valence-electron chi connectivity index (χ4n) is 2.09. The molecule has 1 aromatic rings. The van der Waals surface area contributed by atoms with E-state index in [0.717, 1.165) is 10.6 Å². The molecule has 3 unspecified atom stereocenters. The van der Waals surface area contributed by atoms with Crippen molar-refractivity contribution < 1.29 is 4.79 Å². The van der Waals surface area contributed by atoms with Crippen LogP contribution in [0.25, 0.3) is 0 Å². The van der Waals surface area contributed by atoms with Gasteiger partial charge >= 0.3 is 0 Å². The van der Waals surface area contributed by atoms with Crippen molar-refractivity contribution in [1.29, 1.82) is 0 Å². The molecule has 0 bridgehead atoms. The molecule has 106 valence electrons. The van der Waals surface area contributed by atoms with Crippen LogP contribution < -0.4 is 11.3 Å². The van der Waals surface area contributed by atoms with Crippen molar-refractivity contribution in [3.8, 4) is 0 Å². The smallest absolute Gasteiger partial charge is 0.238 e. The number of nitrogens with two attached hydrogens (primary N) is 1. The molecule has 0 aliphatic heterocycles. The number of nitrogens with zero attached hydrogens (tertiary/aromatic N) is 1. The summed E-state index contributed by atoms with van der Waals surface area (Å²) in [5.41, 5.74) is 3.25. The molecule has 0 saturated heterocycles. The largest absolute Gasteiger partial charge is 0.296 e. The first-order valence-electron chi connectivity index (χ1n) is 6.37. The van der Waals surface area contributed by atoms with Crippen LogP contribution in [0.15, 0.2) is 24.3 Å². The van der Waals surface area contributed by atoms with Crippen LogP contribution in [0, 0.1) is 5.92 Å². The average molecular weight is 284 g/mol. The van der Waals surface area contributed by atoms with Crippen molar-refractivity contribution in [3.63, 3.8) is 0 Å². The second-order valence-corrected chi connectivity index (χ2v) is 5.31.